The van der Waals surface area contributed by atoms with Gasteiger partial charge >= 0.3 is 0 Å². The van der Waals surface area contributed by atoms with Crippen molar-refractivity contribution in [3.05, 3.63) is 85.5 Å². The Balaban J connectivity index is 1.85. The molecule has 160 valence electrons. The van der Waals surface area contributed by atoms with Gasteiger partial charge in [-0.05, 0) is 37.6 Å². The Morgan fingerprint density at radius 3 is 2.55 bits per heavy atom. The van der Waals surface area contributed by atoms with Crippen LogP contribution >= 0.6 is 35.0 Å². The maximum atomic E-state index is 14.3. The van der Waals surface area contributed by atoms with Gasteiger partial charge in [-0.15, -0.1) is 0 Å². The normalized spacial score (nSPS) is 11.4. The number of thioether (sulfide) groups is 1. The average Bonchev–Trinajstić information content (AvgIpc) is 3.07. The zero-order valence-corrected chi connectivity index (χ0v) is 19.2. The fourth-order valence-corrected chi connectivity index (χ4v) is 4.90. The van der Waals surface area contributed by atoms with Crippen LogP contribution in [-0.4, -0.2) is 19.3 Å². The first kappa shape index (κ1) is 21.9. The molecule has 0 atom stereocenters. The van der Waals surface area contributed by atoms with Crippen LogP contribution in [0.1, 0.15) is 23.7 Å². The standard InChI is InChI=1S/C22H19Cl2FN4OS/c1-3-29-20-19(13(2)27-29)26-22(31-12-15-17(24)9-6-10-18(15)25)28(21(20)30)11-14-7-4-5-8-16(14)23/h4-10H,3,11-12H2,1-2H3. The van der Waals surface area contributed by atoms with Gasteiger partial charge in [-0.25, -0.2) is 9.37 Å². The van der Waals surface area contributed by atoms with E-state index in [0.29, 0.717) is 44.0 Å². The molecule has 4 aromatic rings. The molecule has 0 amide bonds. The van der Waals surface area contributed by atoms with Crippen molar-refractivity contribution in [3.8, 4) is 0 Å². The van der Waals surface area contributed by atoms with Crippen LogP contribution in [0.15, 0.2) is 52.4 Å². The molecule has 4 rings (SSSR count). The summed E-state index contributed by atoms with van der Waals surface area (Å²) in [6.07, 6.45) is 0. The van der Waals surface area contributed by atoms with Crippen LogP contribution in [-0.2, 0) is 18.8 Å². The van der Waals surface area contributed by atoms with Gasteiger partial charge in [0.25, 0.3) is 5.56 Å². The van der Waals surface area contributed by atoms with Crippen LogP contribution in [0.2, 0.25) is 10.0 Å². The van der Waals surface area contributed by atoms with Crippen molar-refractivity contribution in [3.63, 3.8) is 0 Å². The van der Waals surface area contributed by atoms with Crippen molar-refractivity contribution >= 4 is 46.0 Å². The van der Waals surface area contributed by atoms with Crippen LogP contribution in [0, 0.1) is 12.7 Å². The number of benzene rings is 2. The van der Waals surface area contributed by atoms with Gasteiger partial charge in [0.2, 0.25) is 0 Å². The molecule has 9 heteroatoms. The van der Waals surface area contributed by atoms with E-state index in [4.69, 9.17) is 28.2 Å². The van der Waals surface area contributed by atoms with Gasteiger partial charge in [-0.3, -0.25) is 14.0 Å². The number of rotatable bonds is 6. The van der Waals surface area contributed by atoms with Gasteiger partial charge in [-0.2, -0.15) is 5.10 Å². The second-order valence-electron chi connectivity index (χ2n) is 6.96. The maximum absolute atomic E-state index is 14.3. The summed E-state index contributed by atoms with van der Waals surface area (Å²) in [5.74, 6) is -0.163. The first-order valence-electron chi connectivity index (χ1n) is 9.67. The highest BCUT2D eigenvalue weighted by Gasteiger charge is 2.20. The van der Waals surface area contributed by atoms with E-state index in [2.05, 4.69) is 5.10 Å². The smallest absolute Gasteiger partial charge is 0.280 e. The van der Waals surface area contributed by atoms with E-state index in [1.54, 1.807) is 27.4 Å². The minimum atomic E-state index is -0.393. The summed E-state index contributed by atoms with van der Waals surface area (Å²) in [5, 5.41) is 5.80. The largest absolute Gasteiger partial charge is 0.281 e. The Hall–Kier alpha value is -2.35. The molecule has 0 saturated carbocycles. The monoisotopic (exact) mass is 476 g/mol. The van der Waals surface area contributed by atoms with Crippen molar-refractivity contribution in [1.82, 2.24) is 19.3 Å². The lowest BCUT2D eigenvalue weighted by molar-refractivity contribution is 0.616. The molecule has 0 aliphatic heterocycles. The quantitative estimate of drug-likeness (QED) is 0.264. The molecule has 0 aliphatic carbocycles. The molecular weight excluding hydrogens is 458 g/mol. The van der Waals surface area contributed by atoms with E-state index in [1.807, 2.05) is 32.0 Å². The van der Waals surface area contributed by atoms with Crippen LogP contribution in [0.4, 0.5) is 4.39 Å². The highest BCUT2D eigenvalue weighted by atomic mass is 35.5. The lowest BCUT2D eigenvalue weighted by Crippen LogP contribution is -2.25. The van der Waals surface area contributed by atoms with Gasteiger partial charge in [0, 0.05) is 27.9 Å². The van der Waals surface area contributed by atoms with Crippen molar-refractivity contribution in [2.45, 2.75) is 37.8 Å². The van der Waals surface area contributed by atoms with Crippen molar-refractivity contribution in [2.75, 3.05) is 0 Å². The Kier molecular flexibility index (Phi) is 6.36. The Morgan fingerprint density at radius 2 is 1.84 bits per heavy atom. The highest BCUT2D eigenvalue weighted by Crippen LogP contribution is 2.29. The van der Waals surface area contributed by atoms with E-state index in [1.165, 1.54) is 17.8 Å². The molecule has 0 unspecified atom stereocenters. The number of hydrogen-bond donors (Lipinski definition) is 0. The number of aromatic nitrogens is 4. The van der Waals surface area contributed by atoms with Gasteiger partial charge in [0.1, 0.15) is 11.3 Å². The molecule has 0 spiro atoms. The molecular formula is C22H19Cl2FN4OS. The zero-order valence-electron chi connectivity index (χ0n) is 16.9. The van der Waals surface area contributed by atoms with E-state index in [9.17, 15) is 9.18 Å². The maximum Gasteiger partial charge on any atom is 0.280 e. The molecule has 31 heavy (non-hydrogen) atoms. The minimum absolute atomic E-state index is 0.213. The van der Waals surface area contributed by atoms with Gasteiger partial charge in [0.15, 0.2) is 10.7 Å². The topological polar surface area (TPSA) is 52.7 Å². The summed E-state index contributed by atoms with van der Waals surface area (Å²) >= 11 is 13.8. The summed E-state index contributed by atoms with van der Waals surface area (Å²) in [7, 11) is 0. The molecule has 2 aromatic carbocycles. The predicted molar refractivity (Wildman–Crippen MR) is 124 cm³/mol. The molecule has 0 N–H and O–H groups in total. The summed E-state index contributed by atoms with van der Waals surface area (Å²) in [5.41, 5.74) is 2.61. The molecule has 2 aromatic heterocycles. The number of hydrogen-bond acceptors (Lipinski definition) is 4. The second-order valence-corrected chi connectivity index (χ2v) is 8.72. The van der Waals surface area contributed by atoms with Crippen LogP contribution in [0.25, 0.3) is 11.0 Å². The van der Waals surface area contributed by atoms with Crippen LogP contribution in [0.5, 0.6) is 0 Å². The highest BCUT2D eigenvalue weighted by molar-refractivity contribution is 7.98. The first-order chi connectivity index (χ1) is 14.9. The average molecular weight is 477 g/mol. The first-order valence-corrected chi connectivity index (χ1v) is 11.4. The van der Waals surface area contributed by atoms with Gasteiger partial charge in [0.05, 0.1) is 12.2 Å². The summed E-state index contributed by atoms with van der Waals surface area (Å²) in [4.78, 5) is 18.2. The lowest BCUT2D eigenvalue weighted by atomic mass is 10.2. The third kappa shape index (κ3) is 4.22. The zero-order chi connectivity index (χ0) is 22.1. The summed E-state index contributed by atoms with van der Waals surface area (Å²) in [6.45, 7) is 4.53. The van der Waals surface area contributed by atoms with E-state index >= 15 is 0 Å². The van der Waals surface area contributed by atoms with Crippen molar-refractivity contribution in [1.29, 1.82) is 0 Å². The molecule has 0 bridgehead atoms. The number of nitrogens with zero attached hydrogens (tertiary/aromatic N) is 4. The molecule has 5 nitrogen and oxygen atoms in total. The third-order valence-corrected chi connectivity index (χ3v) is 6.70. The Morgan fingerprint density at radius 1 is 1.10 bits per heavy atom. The van der Waals surface area contributed by atoms with E-state index in [-0.39, 0.29) is 17.9 Å². The summed E-state index contributed by atoms with van der Waals surface area (Å²) in [6, 6.07) is 11.9. The molecule has 2 heterocycles. The fourth-order valence-electron chi connectivity index (χ4n) is 3.37. The van der Waals surface area contributed by atoms with Crippen LogP contribution in [0.3, 0.4) is 0 Å². The molecule has 0 aliphatic rings. The number of fused-ring (bicyclic) bond motifs is 1. The van der Waals surface area contributed by atoms with Crippen molar-refractivity contribution in [2.24, 2.45) is 0 Å². The fraction of sp³-hybridized carbons (Fsp3) is 0.227. The Labute approximate surface area is 192 Å². The SMILES string of the molecule is CCn1nc(C)c2nc(SCc3c(F)cccc3Cl)n(Cc3ccccc3Cl)c(=O)c21. The van der Waals surface area contributed by atoms with Gasteiger partial charge in [-0.1, -0.05) is 59.2 Å². The van der Waals surface area contributed by atoms with E-state index < -0.39 is 5.82 Å². The lowest BCUT2D eigenvalue weighted by Gasteiger charge is -2.14. The molecule has 0 fully saturated rings. The van der Waals surface area contributed by atoms with Crippen LogP contribution < -0.4 is 5.56 Å². The van der Waals surface area contributed by atoms with Crippen molar-refractivity contribution < 1.29 is 4.39 Å². The summed E-state index contributed by atoms with van der Waals surface area (Å²) < 4.78 is 17.5. The minimum Gasteiger partial charge on any atom is -0.281 e. The predicted octanol–water partition coefficient (Wildman–Crippen LogP) is 5.71. The number of halogens is 3. The molecule has 0 saturated heterocycles. The number of aryl methyl sites for hydroxylation is 2. The third-order valence-electron chi connectivity index (χ3n) is 4.98. The second kappa shape index (κ2) is 9.02. The molecule has 0 radical (unpaired) electrons. The Bertz CT molecular complexity index is 1320. The van der Waals surface area contributed by atoms with Gasteiger partial charge < -0.3 is 0 Å². The van der Waals surface area contributed by atoms with E-state index in [0.717, 1.165) is 5.56 Å².